The number of carbonyl (C=O) groups excluding carboxylic acids is 2. The Labute approximate surface area is 156 Å². The van der Waals surface area contributed by atoms with Crippen LogP contribution in [0, 0.1) is 6.92 Å². The van der Waals surface area contributed by atoms with Crippen LogP contribution in [-0.4, -0.2) is 23.3 Å². The Balaban J connectivity index is 1.54. The number of thiazole rings is 1. The van der Waals surface area contributed by atoms with E-state index in [1.165, 1.54) is 0 Å². The highest BCUT2D eigenvalue weighted by atomic mass is 32.1. The number of benzene rings is 2. The SMILES string of the molecule is CCOc1ccc(C(=O)CCC(=O)Nc2ccc3nc(C)sc3c2)cc1. The molecule has 0 unspecified atom stereocenters. The topological polar surface area (TPSA) is 68.3 Å². The van der Waals surface area contributed by atoms with Gasteiger partial charge >= 0.3 is 0 Å². The molecule has 1 aromatic heterocycles. The number of nitrogens with zero attached hydrogens (tertiary/aromatic N) is 1. The van der Waals surface area contributed by atoms with Crippen molar-refractivity contribution in [3.8, 4) is 5.75 Å². The zero-order valence-electron chi connectivity index (χ0n) is 14.7. The molecule has 0 aliphatic heterocycles. The number of ether oxygens (including phenoxy) is 1. The van der Waals surface area contributed by atoms with Crippen LogP contribution < -0.4 is 10.1 Å². The maximum absolute atomic E-state index is 12.2. The molecular formula is C20H20N2O3S. The minimum atomic E-state index is -0.176. The summed E-state index contributed by atoms with van der Waals surface area (Å²) in [6, 6.07) is 12.6. The molecule has 0 spiro atoms. The number of hydrogen-bond donors (Lipinski definition) is 1. The van der Waals surface area contributed by atoms with Crippen molar-refractivity contribution in [3.63, 3.8) is 0 Å². The number of hydrogen-bond acceptors (Lipinski definition) is 5. The van der Waals surface area contributed by atoms with E-state index >= 15 is 0 Å². The Morgan fingerprint density at radius 2 is 1.88 bits per heavy atom. The van der Waals surface area contributed by atoms with Crippen LogP contribution in [0.5, 0.6) is 5.75 Å². The van der Waals surface area contributed by atoms with E-state index in [0.717, 1.165) is 26.7 Å². The summed E-state index contributed by atoms with van der Waals surface area (Å²) in [5, 5.41) is 3.83. The third-order valence-electron chi connectivity index (χ3n) is 3.85. The molecular weight excluding hydrogens is 348 g/mol. The minimum absolute atomic E-state index is 0.0586. The van der Waals surface area contributed by atoms with E-state index in [4.69, 9.17) is 4.74 Å². The van der Waals surface area contributed by atoms with Crippen LogP contribution in [-0.2, 0) is 4.79 Å². The number of amides is 1. The van der Waals surface area contributed by atoms with Crippen LogP contribution in [0.25, 0.3) is 10.2 Å². The first kappa shape index (κ1) is 18.1. The van der Waals surface area contributed by atoms with Crippen molar-refractivity contribution in [2.24, 2.45) is 0 Å². The van der Waals surface area contributed by atoms with E-state index in [9.17, 15) is 9.59 Å². The van der Waals surface area contributed by atoms with Gasteiger partial charge in [0.1, 0.15) is 5.75 Å². The van der Waals surface area contributed by atoms with E-state index in [2.05, 4.69) is 10.3 Å². The molecule has 134 valence electrons. The number of fused-ring (bicyclic) bond motifs is 1. The average Bonchev–Trinajstić information content (AvgIpc) is 3.00. The second-order valence-corrected chi connectivity index (χ2v) is 7.08. The number of rotatable bonds is 7. The number of aromatic nitrogens is 1. The van der Waals surface area contributed by atoms with Crippen molar-refractivity contribution < 1.29 is 14.3 Å². The predicted octanol–water partition coefficient (Wildman–Crippen LogP) is 4.61. The molecule has 3 rings (SSSR count). The quantitative estimate of drug-likeness (QED) is 0.619. The molecule has 6 heteroatoms. The minimum Gasteiger partial charge on any atom is -0.494 e. The fourth-order valence-electron chi connectivity index (χ4n) is 2.62. The van der Waals surface area contributed by atoms with Gasteiger partial charge in [-0.25, -0.2) is 4.98 Å². The molecule has 1 N–H and O–H groups in total. The molecule has 0 saturated carbocycles. The highest BCUT2D eigenvalue weighted by molar-refractivity contribution is 7.18. The third kappa shape index (κ3) is 4.46. The molecule has 0 aliphatic rings. The van der Waals surface area contributed by atoms with Crippen LogP contribution in [0.4, 0.5) is 5.69 Å². The van der Waals surface area contributed by atoms with E-state index in [1.54, 1.807) is 35.6 Å². The molecule has 0 bridgehead atoms. The smallest absolute Gasteiger partial charge is 0.224 e. The van der Waals surface area contributed by atoms with Crippen LogP contribution in [0.3, 0.4) is 0 Å². The highest BCUT2D eigenvalue weighted by Crippen LogP contribution is 2.25. The molecule has 0 radical (unpaired) electrons. The van der Waals surface area contributed by atoms with Gasteiger partial charge in [-0.2, -0.15) is 0 Å². The lowest BCUT2D eigenvalue weighted by Crippen LogP contribution is -2.13. The first-order valence-corrected chi connectivity index (χ1v) is 9.30. The van der Waals surface area contributed by atoms with E-state index in [-0.39, 0.29) is 24.5 Å². The largest absolute Gasteiger partial charge is 0.494 e. The van der Waals surface area contributed by atoms with Crippen LogP contribution in [0.2, 0.25) is 0 Å². The Morgan fingerprint density at radius 3 is 2.62 bits per heavy atom. The first-order valence-electron chi connectivity index (χ1n) is 8.48. The Kier molecular flexibility index (Phi) is 5.63. The summed E-state index contributed by atoms with van der Waals surface area (Å²) in [6.07, 6.45) is 0.313. The van der Waals surface area contributed by atoms with Gasteiger partial charge < -0.3 is 10.1 Å². The third-order valence-corrected chi connectivity index (χ3v) is 4.78. The second-order valence-electron chi connectivity index (χ2n) is 5.84. The van der Waals surface area contributed by atoms with Crippen LogP contribution in [0.15, 0.2) is 42.5 Å². The molecule has 5 nitrogen and oxygen atoms in total. The van der Waals surface area contributed by atoms with Gasteiger partial charge in [-0.05, 0) is 56.3 Å². The molecule has 0 aliphatic carbocycles. The Morgan fingerprint density at radius 1 is 1.12 bits per heavy atom. The first-order chi connectivity index (χ1) is 12.5. The van der Waals surface area contributed by atoms with Gasteiger partial charge in [-0.1, -0.05) is 0 Å². The van der Waals surface area contributed by atoms with Gasteiger partial charge in [0.15, 0.2) is 5.78 Å². The summed E-state index contributed by atoms with van der Waals surface area (Å²) in [4.78, 5) is 28.8. The highest BCUT2D eigenvalue weighted by Gasteiger charge is 2.10. The molecule has 26 heavy (non-hydrogen) atoms. The fourth-order valence-corrected chi connectivity index (χ4v) is 3.48. The predicted molar refractivity (Wildman–Crippen MR) is 104 cm³/mol. The van der Waals surface area contributed by atoms with Crippen LogP contribution in [0.1, 0.15) is 35.1 Å². The van der Waals surface area contributed by atoms with Crippen molar-refractivity contribution in [1.82, 2.24) is 4.98 Å². The van der Waals surface area contributed by atoms with Crippen LogP contribution >= 0.6 is 11.3 Å². The van der Waals surface area contributed by atoms with E-state index in [1.807, 2.05) is 32.0 Å². The van der Waals surface area contributed by atoms with Gasteiger partial charge in [0.25, 0.3) is 0 Å². The molecule has 3 aromatic rings. The lowest BCUT2D eigenvalue weighted by molar-refractivity contribution is -0.116. The van der Waals surface area contributed by atoms with E-state index in [0.29, 0.717) is 12.2 Å². The summed E-state index contributed by atoms with van der Waals surface area (Å²) in [5.41, 5.74) is 2.23. The summed E-state index contributed by atoms with van der Waals surface area (Å²) >= 11 is 1.59. The number of anilines is 1. The van der Waals surface area contributed by atoms with Gasteiger partial charge in [-0.3, -0.25) is 9.59 Å². The summed E-state index contributed by atoms with van der Waals surface area (Å²) in [5.74, 6) is 0.497. The lowest BCUT2D eigenvalue weighted by atomic mass is 10.1. The van der Waals surface area contributed by atoms with Crippen molar-refractivity contribution in [3.05, 3.63) is 53.0 Å². The number of ketones is 1. The zero-order valence-corrected chi connectivity index (χ0v) is 15.6. The second kappa shape index (κ2) is 8.10. The molecule has 1 amide bonds. The fraction of sp³-hybridized carbons (Fsp3) is 0.250. The zero-order chi connectivity index (χ0) is 18.5. The molecule has 0 fully saturated rings. The Hall–Kier alpha value is -2.73. The van der Waals surface area contributed by atoms with E-state index < -0.39 is 0 Å². The number of Topliss-reactive ketones (excluding diaryl/α,β-unsaturated/α-hetero) is 1. The normalized spacial score (nSPS) is 10.7. The summed E-state index contributed by atoms with van der Waals surface area (Å²) in [6.45, 7) is 4.45. The van der Waals surface area contributed by atoms with Crippen molar-refractivity contribution in [1.29, 1.82) is 0 Å². The molecule has 2 aromatic carbocycles. The monoisotopic (exact) mass is 368 g/mol. The van der Waals surface area contributed by atoms with Gasteiger partial charge in [-0.15, -0.1) is 11.3 Å². The number of aryl methyl sites for hydroxylation is 1. The van der Waals surface area contributed by atoms with Crippen molar-refractivity contribution >= 4 is 38.9 Å². The molecule has 0 saturated heterocycles. The number of nitrogens with one attached hydrogen (secondary N) is 1. The lowest BCUT2D eigenvalue weighted by Gasteiger charge is -2.06. The summed E-state index contributed by atoms with van der Waals surface area (Å²) in [7, 11) is 0. The standard InChI is InChI=1S/C20H20N2O3S/c1-3-25-16-7-4-14(5-8-16)18(23)10-11-20(24)22-15-6-9-17-19(12-15)26-13(2)21-17/h4-9,12H,3,10-11H2,1-2H3,(H,22,24). The molecule has 0 atom stereocenters. The van der Waals surface area contributed by atoms with Gasteiger partial charge in [0, 0.05) is 24.1 Å². The van der Waals surface area contributed by atoms with Crippen molar-refractivity contribution in [2.45, 2.75) is 26.7 Å². The Bertz CT molecular complexity index is 932. The van der Waals surface area contributed by atoms with Gasteiger partial charge in [0.2, 0.25) is 5.91 Å². The summed E-state index contributed by atoms with van der Waals surface area (Å²) < 4.78 is 6.39. The molecule has 1 heterocycles. The average molecular weight is 368 g/mol. The van der Waals surface area contributed by atoms with Crippen molar-refractivity contribution in [2.75, 3.05) is 11.9 Å². The number of carbonyl (C=O) groups is 2. The maximum atomic E-state index is 12.2. The van der Waals surface area contributed by atoms with Gasteiger partial charge in [0.05, 0.1) is 21.8 Å². The maximum Gasteiger partial charge on any atom is 0.224 e.